The van der Waals surface area contributed by atoms with Gasteiger partial charge >= 0.3 is 0 Å². The summed E-state index contributed by atoms with van der Waals surface area (Å²) in [7, 11) is 1.64. The van der Waals surface area contributed by atoms with Crippen LogP contribution in [0.25, 0.3) is 0 Å². The van der Waals surface area contributed by atoms with Crippen molar-refractivity contribution in [3.05, 3.63) is 41.1 Å². The number of allylic oxidation sites excluding steroid dienone is 1. The molecule has 5 heteroatoms. The second-order valence-electron chi connectivity index (χ2n) is 6.61. The first kappa shape index (κ1) is 15.0. The van der Waals surface area contributed by atoms with Crippen molar-refractivity contribution < 1.29 is 9.53 Å². The van der Waals surface area contributed by atoms with E-state index in [0.717, 1.165) is 29.0 Å². The summed E-state index contributed by atoms with van der Waals surface area (Å²) in [5, 5.41) is 6.96. The van der Waals surface area contributed by atoms with Crippen molar-refractivity contribution in [1.82, 2.24) is 10.6 Å². The molecule has 0 spiro atoms. The highest BCUT2D eigenvalue weighted by Crippen LogP contribution is 2.42. The molecule has 1 unspecified atom stereocenters. The predicted molar refractivity (Wildman–Crippen MR) is 89.7 cm³/mol. The normalized spacial score (nSPS) is 23.5. The van der Waals surface area contributed by atoms with Crippen LogP contribution < -0.4 is 15.4 Å². The molecule has 0 radical (unpaired) electrons. The molecule has 3 rings (SSSR count). The lowest BCUT2D eigenvalue weighted by atomic mass is 9.73. The molecule has 0 saturated heterocycles. The third kappa shape index (κ3) is 2.61. The number of hydrogen-bond acceptors (Lipinski definition) is 3. The molecule has 0 fully saturated rings. The van der Waals surface area contributed by atoms with E-state index in [1.807, 2.05) is 24.3 Å². The first-order chi connectivity index (χ1) is 10.4. The number of nitrogens with one attached hydrogen (secondary N) is 2. The van der Waals surface area contributed by atoms with Crippen molar-refractivity contribution in [2.75, 3.05) is 7.11 Å². The Balaban J connectivity index is 2.11. The van der Waals surface area contributed by atoms with Gasteiger partial charge in [0, 0.05) is 23.3 Å². The Labute approximate surface area is 135 Å². The fourth-order valence-corrected chi connectivity index (χ4v) is 3.54. The summed E-state index contributed by atoms with van der Waals surface area (Å²) < 4.78 is 5.45. The third-order valence-corrected chi connectivity index (χ3v) is 4.42. The minimum Gasteiger partial charge on any atom is -0.496 e. The predicted octanol–water partition coefficient (Wildman–Crippen LogP) is 2.86. The highest BCUT2D eigenvalue weighted by molar-refractivity contribution is 7.80. The summed E-state index contributed by atoms with van der Waals surface area (Å²) in [6.07, 6.45) is 1.37. The number of hydrogen-bond donors (Lipinski definition) is 2. The van der Waals surface area contributed by atoms with Gasteiger partial charge in [0.1, 0.15) is 5.75 Å². The summed E-state index contributed by atoms with van der Waals surface area (Å²) in [5.74, 6) is 0.929. The Morgan fingerprint density at radius 1 is 1.27 bits per heavy atom. The fraction of sp³-hybridized carbons (Fsp3) is 0.412. The van der Waals surface area contributed by atoms with Crippen molar-refractivity contribution in [3.63, 3.8) is 0 Å². The van der Waals surface area contributed by atoms with Crippen LogP contribution in [0.15, 0.2) is 35.5 Å². The van der Waals surface area contributed by atoms with Gasteiger partial charge in [0.05, 0.1) is 13.2 Å². The van der Waals surface area contributed by atoms with Gasteiger partial charge in [0.2, 0.25) is 0 Å². The lowest BCUT2D eigenvalue weighted by Crippen LogP contribution is -2.48. The zero-order valence-corrected chi connectivity index (χ0v) is 13.8. The first-order valence-electron chi connectivity index (χ1n) is 7.38. The van der Waals surface area contributed by atoms with Crippen molar-refractivity contribution in [3.8, 4) is 5.75 Å². The van der Waals surface area contributed by atoms with Crippen molar-refractivity contribution in [2.45, 2.75) is 32.7 Å². The van der Waals surface area contributed by atoms with E-state index < -0.39 is 0 Å². The minimum absolute atomic E-state index is 0.0405. The zero-order valence-electron chi connectivity index (χ0n) is 13.0. The molecule has 1 aromatic carbocycles. The topological polar surface area (TPSA) is 50.4 Å². The standard InChI is InChI=1S/C17H20N2O2S/c1-17(2)8-11-14(12(20)9-17)15(19-16(22)18-11)10-6-4-5-7-13(10)21-3/h4-7,15H,8-9H2,1-3H3,(H2,18,19,22). The highest BCUT2D eigenvalue weighted by Gasteiger charge is 2.40. The van der Waals surface area contributed by atoms with E-state index in [-0.39, 0.29) is 17.2 Å². The van der Waals surface area contributed by atoms with Gasteiger partial charge in [-0.1, -0.05) is 32.0 Å². The smallest absolute Gasteiger partial charge is 0.171 e. The van der Waals surface area contributed by atoms with E-state index in [9.17, 15) is 4.79 Å². The lowest BCUT2D eigenvalue weighted by Gasteiger charge is -2.39. The molecule has 0 amide bonds. The Hall–Kier alpha value is -1.88. The molecule has 1 atom stereocenters. The van der Waals surface area contributed by atoms with Crippen LogP contribution in [0.4, 0.5) is 0 Å². The van der Waals surface area contributed by atoms with Crippen LogP contribution >= 0.6 is 12.2 Å². The first-order valence-corrected chi connectivity index (χ1v) is 7.79. The van der Waals surface area contributed by atoms with Crippen LogP contribution in [0, 0.1) is 5.41 Å². The van der Waals surface area contributed by atoms with E-state index in [1.165, 1.54) is 0 Å². The van der Waals surface area contributed by atoms with E-state index in [2.05, 4.69) is 24.5 Å². The van der Waals surface area contributed by atoms with Crippen molar-refractivity contribution in [2.24, 2.45) is 5.41 Å². The van der Waals surface area contributed by atoms with Crippen molar-refractivity contribution >= 4 is 23.1 Å². The van der Waals surface area contributed by atoms with Crippen LogP contribution in [-0.2, 0) is 4.79 Å². The minimum atomic E-state index is -0.247. The summed E-state index contributed by atoms with van der Waals surface area (Å²) in [6.45, 7) is 4.22. The van der Waals surface area contributed by atoms with Gasteiger partial charge < -0.3 is 15.4 Å². The van der Waals surface area contributed by atoms with Gasteiger partial charge in [0.25, 0.3) is 0 Å². The zero-order chi connectivity index (χ0) is 15.9. The SMILES string of the molecule is COc1ccccc1C1NC(=S)NC2=C1C(=O)CC(C)(C)C2. The number of ether oxygens (including phenoxy) is 1. The summed E-state index contributed by atoms with van der Waals surface area (Å²) in [6, 6.07) is 7.50. The molecule has 116 valence electrons. The molecule has 2 N–H and O–H groups in total. The molecule has 0 saturated carbocycles. The number of carbonyl (C=O) groups is 1. The van der Waals surface area contributed by atoms with Gasteiger partial charge in [-0.2, -0.15) is 0 Å². The van der Waals surface area contributed by atoms with E-state index >= 15 is 0 Å². The average molecular weight is 316 g/mol. The van der Waals surface area contributed by atoms with E-state index in [4.69, 9.17) is 17.0 Å². The number of Topliss-reactive ketones (excluding diaryl/α,β-unsaturated/α-hetero) is 1. The molecular formula is C17H20N2O2S. The number of carbonyl (C=O) groups excluding carboxylic acids is 1. The van der Waals surface area contributed by atoms with E-state index in [0.29, 0.717) is 11.5 Å². The van der Waals surface area contributed by atoms with Gasteiger partial charge in [-0.25, -0.2) is 0 Å². The average Bonchev–Trinajstić information content (AvgIpc) is 2.44. The number of thiocarbonyl (C=S) groups is 1. The van der Waals surface area contributed by atoms with E-state index in [1.54, 1.807) is 7.11 Å². The summed E-state index contributed by atoms with van der Waals surface area (Å²) >= 11 is 5.34. The Bertz CT molecular complexity index is 679. The Morgan fingerprint density at radius 3 is 2.73 bits per heavy atom. The maximum Gasteiger partial charge on any atom is 0.171 e. The summed E-state index contributed by atoms with van der Waals surface area (Å²) in [5.41, 5.74) is 2.63. The second-order valence-corrected chi connectivity index (χ2v) is 7.01. The maximum atomic E-state index is 12.7. The molecule has 4 nitrogen and oxygen atoms in total. The third-order valence-electron chi connectivity index (χ3n) is 4.20. The number of methoxy groups -OCH3 is 1. The largest absolute Gasteiger partial charge is 0.496 e. The van der Waals surface area contributed by atoms with Gasteiger partial charge in [-0.05, 0) is 30.1 Å². The number of ketones is 1. The van der Waals surface area contributed by atoms with Crippen LogP contribution in [0.3, 0.4) is 0 Å². The van der Waals surface area contributed by atoms with Crippen LogP contribution in [-0.4, -0.2) is 18.0 Å². The molecule has 1 heterocycles. The number of para-hydroxylation sites is 1. The van der Waals surface area contributed by atoms with Crippen LogP contribution in [0.5, 0.6) is 5.75 Å². The Kier molecular flexibility index (Phi) is 3.68. The molecular weight excluding hydrogens is 296 g/mol. The number of benzene rings is 1. The highest BCUT2D eigenvalue weighted by atomic mass is 32.1. The van der Waals surface area contributed by atoms with Crippen LogP contribution in [0.2, 0.25) is 0 Å². The second kappa shape index (κ2) is 5.39. The lowest BCUT2D eigenvalue weighted by molar-refractivity contribution is -0.118. The molecule has 1 aliphatic heterocycles. The molecule has 2 aliphatic rings. The fourth-order valence-electron chi connectivity index (χ4n) is 3.30. The number of rotatable bonds is 2. The van der Waals surface area contributed by atoms with Crippen LogP contribution in [0.1, 0.15) is 38.3 Å². The molecule has 1 aromatic rings. The van der Waals surface area contributed by atoms with Gasteiger partial charge in [0.15, 0.2) is 10.9 Å². The molecule has 22 heavy (non-hydrogen) atoms. The summed E-state index contributed by atoms with van der Waals surface area (Å²) in [4.78, 5) is 12.7. The van der Waals surface area contributed by atoms with Gasteiger partial charge in [-0.15, -0.1) is 0 Å². The molecule has 0 bridgehead atoms. The Morgan fingerprint density at radius 2 is 2.00 bits per heavy atom. The molecule has 0 aromatic heterocycles. The quantitative estimate of drug-likeness (QED) is 0.822. The molecule has 1 aliphatic carbocycles. The van der Waals surface area contributed by atoms with Crippen molar-refractivity contribution in [1.29, 1.82) is 0 Å². The maximum absolute atomic E-state index is 12.7. The van der Waals surface area contributed by atoms with Gasteiger partial charge in [-0.3, -0.25) is 4.79 Å². The monoisotopic (exact) mass is 316 g/mol.